The molecule has 0 atom stereocenters. The Balaban J connectivity index is 1.98. The first-order chi connectivity index (χ1) is 11.8. The Labute approximate surface area is 145 Å². The maximum Gasteiger partial charge on any atom is 0.213 e. The van der Waals surface area contributed by atoms with Crippen molar-refractivity contribution in [3.8, 4) is 0 Å². The molecule has 0 heterocycles. The zero-order chi connectivity index (χ0) is 16.8. The topological polar surface area (TPSA) is 41.5 Å². The molecule has 3 aromatic carbocycles. The Morgan fingerprint density at radius 2 is 1.29 bits per heavy atom. The molecule has 0 radical (unpaired) electrons. The second-order valence-corrected chi connectivity index (χ2v) is 5.52. The number of para-hydroxylation sites is 1. The predicted molar refractivity (Wildman–Crippen MR) is 98.8 cm³/mol. The predicted octanol–water partition coefficient (Wildman–Crippen LogP) is 5.04. The largest absolute Gasteiger partial charge is 0.287 e. The van der Waals surface area contributed by atoms with Crippen molar-refractivity contribution < 1.29 is 4.79 Å². The van der Waals surface area contributed by atoms with Crippen LogP contribution in [-0.4, -0.2) is 11.5 Å². The number of hydrogen-bond acceptors (Lipinski definition) is 3. The summed E-state index contributed by atoms with van der Waals surface area (Å²) in [4.78, 5) is 12.8. The summed E-state index contributed by atoms with van der Waals surface area (Å²) in [6.07, 6.45) is 0. The van der Waals surface area contributed by atoms with Crippen molar-refractivity contribution in [2.45, 2.75) is 0 Å². The van der Waals surface area contributed by atoms with Gasteiger partial charge < -0.3 is 0 Å². The van der Waals surface area contributed by atoms with Gasteiger partial charge in [-0.2, -0.15) is 5.10 Å². The minimum Gasteiger partial charge on any atom is -0.287 e. The number of carbonyl (C=O) groups excluding carboxylic acids is 1. The molecule has 0 aliphatic carbocycles. The first kappa shape index (κ1) is 16.0. The number of hydrogen-bond donors (Lipinski definition) is 1. The number of carbonyl (C=O) groups is 1. The van der Waals surface area contributed by atoms with Gasteiger partial charge in [0.05, 0.1) is 10.7 Å². The third kappa shape index (κ3) is 3.70. The number of anilines is 1. The van der Waals surface area contributed by atoms with Crippen LogP contribution < -0.4 is 5.43 Å². The third-order valence-electron chi connectivity index (χ3n) is 3.46. The molecule has 0 aliphatic rings. The van der Waals surface area contributed by atoms with Crippen LogP contribution in [0, 0.1) is 0 Å². The molecule has 0 bridgehead atoms. The molecule has 3 aromatic rings. The van der Waals surface area contributed by atoms with Gasteiger partial charge in [-0.05, 0) is 12.1 Å². The molecule has 118 valence electrons. The van der Waals surface area contributed by atoms with E-state index in [1.165, 1.54) is 0 Å². The molecule has 0 aliphatic heterocycles. The highest BCUT2D eigenvalue weighted by atomic mass is 35.5. The summed E-state index contributed by atoms with van der Waals surface area (Å²) in [5.41, 5.74) is 5.20. The lowest BCUT2D eigenvalue weighted by Gasteiger charge is -2.08. The summed E-state index contributed by atoms with van der Waals surface area (Å²) in [6, 6.07) is 25.7. The summed E-state index contributed by atoms with van der Waals surface area (Å²) in [7, 11) is 0. The maximum atomic E-state index is 12.8. The van der Waals surface area contributed by atoms with Gasteiger partial charge in [0, 0.05) is 11.1 Å². The zero-order valence-corrected chi connectivity index (χ0v) is 13.6. The van der Waals surface area contributed by atoms with Gasteiger partial charge in [-0.15, -0.1) is 0 Å². The number of hydrazone groups is 1. The second kappa shape index (κ2) is 7.57. The molecule has 0 spiro atoms. The highest BCUT2D eigenvalue weighted by molar-refractivity contribution is 6.51. The number of nitrogens with zero attached hydrogens (tertiary/aromatic N) is 1. The van der Waals surface area contributed by atoms with Gasteiger partial charge in [-0.3, -0.25) is 10.2 Å². The summed E-state index contributed by atoms with van der Waals surface area (Å²) in [5, 5.41) is 4.88. The summed E-state index contributed by atoms with van der Waals surface area (Å²) < 4.78 is 0. The number of Topliss-reactive ketones (excluding diaryl/α,β-unsaturated/α-hetero) is 1. The third-order valence-corrected chi connectivity index (χ3v) is 3.79. The maximum absolute atomic E-state index is 12.8. The molecular formula is C20H15ClN2O. The van der Waals surface area contributed by atoms with Crippen molar-refractivity contribution in [3.05, 3.63) is 101 Å². The summed E-state index contributed by atoms with van der Waals surface area (Å²) >= 11 is 6.13. The van der Waals surface area contributed by atoms with E-state index in [0.717, 1.165) is 5.56 Å². The van der Waals surface area contributed by atoms with Crippen molar-refractivity contribution in [1.82, 2.24) is 0 Å². The SMILES string of the molecule is O=C(C(=NNc1ccccc1Cl)c1ccccc1)c1ccccc1. The molecule has 3 nitrogen and oxygen atoms in total. The van der Waals surface area contributed by atoms with Gasteiger partial charge in [0.15, 0.2) is 0 Å². The second-order valence-electron chi connectivity index (χ2n) is 5.11. The highest BCUT2D eigenvalue weighted by Gasteiger charge is 2.16. The van der Waals surface area contributed by atoms with Crippen molar-refractivity contribution in [2.24, 2.45) is 5.10 Å². The Morgan fingerprint density at radius 3 is 1.92 bits per heavy atom. The van der Waals surface area contributed by atoms with Gasteiger partial charge in [-0.1, -0.05) is 84.4 Å². The molecule has 3 rings (SSSR count). The Bertz CT molecular complexity index is 861. The fourth-order valence-corrected chi connectivity index (χ4v) is 2.41. The van der Waals surface area contributed by atoms with Gasteiger partial charge in [0.1, 0.15) is 5.71 Å². The van der Waals surface area contributed by atoms with Crippen molar-refractivity contribution in [3.63, 3.8) is 0 Å². The molecule has 0 saturated carbocycles. The van der Waals surface area contributed by atoms with E-state index in [1.54, 1.807) is 24.3 Å². The minimum atomic E-state index is -0.152. The molecule has 24 heavy (non-hydrogen) atoms. The molecule has 0 amide bonds. The zero-order valence-electron chi connectivity index (χ0n) is 12.8. The molecule has 0 unspecified atom stereocenters. The first-order valence-electron chi connectivity index (χ1n) is 7.49. The lowest BCUT2D eigenvalue weighted by molar-refractivity contribution is 0.106. The smallest absolute Gasteiger partial charge is 0.213 e. The van der Waals surface area contributed by atoms with Crippen LogP contribution in [0.3, 0.4) is 0 Å². The van der Waals surface area contributed by atoms with Crippen LogP contribution in [0.5, 0.6) is 0 Å². The van der Waals surface area contributed by atoms with Crippen LogP contribution in [0.1, 0.15) is 15.9 Å². The molecule has 1 N–H and O–H groups in total. The van der Waals surface area contributed by atoms with E-state index in [9.17, 15) is 4.79 Å². The average molecular weight is 335 g/mol. The van der Waals surface area contributed by atoms with Crippen LogP contribution in [0.4, 0.5) is 5.69 Å². The highest BCUT2D eigenvalue weighted by Crippen LogP contribution is 2.20. The minimum absolute atomic E-state index is 0.152. The monoisotopic (exact) mass is 334 g/mol. The van der Waals surface area contributed by atoms with Crippen molar-refractivity contribution in [2.75, 3.05) is 5.43 Å². The van der Waals surface area contributed by atoms with Crippen molar-refractivity contribution in [1.29, 1.82) is 0 Å². The van der Waals surface area contributed by atoms with E-state index in [4.69, 9.17) is 11.6 Å². The Kier molecular flexibility index (Phi) is 5.04. The van der Waals surface area contributed by atoms with Crippen LogP contribution in [-0.2, 0) is 0 Å². The van der Waals surface area contributed by atoms with Gasteiger partial charge >= 0.3 is 0 Å². The molecule has 4 heteroatoms. The van der Waals surface area contributed by atoms with E-state index in [2.05, 4.69) is 10.5 Å². The number of nitrogens with one attached hydrogen (secondary N) is 1. The number of rotatable bonds is 5. The molecule has 0 aromatic heterocycles. The molecular weight excluding hydrogens is 320 g/mol. The van der Waals surface area contributed by atoms with E-state index < -0.39 is 0 Å². The van der Waals surface area contributed by atoms with Crippen LogP contribution in [0.2, 0.25) is 5.02 Å². The van der Waals surface area contributed by atoms with Crippen LogP contribution in [0.15, 0.2) is 90.0 Å². The lowest BCUT2D eigenvalue weighted by Crippen LogP contribution is -2.17. The fraction of sp³-hybridized carbons (Fsp3) is 0. The lowest BCUT2D eigenvalue weighted by atomic mass is 10.0. The van der Waals surface area contributed by atoms with E-state index in [-0.39, 0.29) is 5.78 Å². The van der Waals surface area contributed by atoms with Gasteiger partial charge in [0.2, 0.25) is 5.78 Å². The average Bonchev–Trinajstić information content (AvgIpc) is 2.65. The summed E-state index contributed by atoms with van der Waals surface area (Å²) in [6.45, 7) is 0. The fourth-order valence-electron chi connectivity index (χ4n) is 2.24. The number of ketones is 1. The standard InChI is InChI=1S/C20H15ClN2O/c21-17-13-7-8-14-18(17)22-23-19(15-9-3-1-4-10-15)20(24)16-11-5-2-6-12-16/h1-14,22H. The first-order valence-corrected chi connectivity index (χ1v) is 7.87. The van der Waals surface area contributed by atoms with E-state index in [1.807, 2.05) is 60.7 Å². The number of halogens is 1. The van der Waals surface area contributed by atoms with Crippen LogP contribution in [0.25, 0.3) is 0 Å². The van der Waals surface area contributed by atoms with E-state index in [0.29, 0.717) is 22.0 Å². The Hall–Kier alpha value is -2.91. The molecule has 0 fully saturated rings. The van der Waals surface area contributed by atoms with Crippen molar-refractivity contribution >= 4 is 28.8 Å². The normalized spacial score (nSPS) is 11.1. The Morgan fingerprint density at radius 1 is 0.750 bits per heavy atom. The van der Waals surface area contributed by atoms with Crippen LogP contribution >= 0.6 is 11.6 Å². The van der Waals surface area contributed by atoms with Gasteiger partial charge in [0.25, 0.3) is 0 Å². The van der Waals surface area contributed by atoms with Gasteiger partial charge in [-0.25, -0.2) is 0 Å². The number of benzene rings is 3. The molecule has 0 saturated heterocycles. The van der Waals surface area contributed by atoms with E-state index >= 15 is 0 Å². The quantitative estimate of drug-likeness (QED) is 0.403. The summed E-state index contributed by atoms with van der Waals surface area (Å²) in [5.74, 6) is -0.152.